The van der Waals surface area contributed by atoms with Crippen molar-refractivity contribution in [1.82, 2.24) is 19.7 Å². The Labute approximate surface area is 144 Å². The number of nitrogens with one attached hydrogen (secondary N) is 1. The van der Waals surface area contributed by atoms with Gasteiger partial charge in [0.15, 0.2) is 0 Å². The lowest BCUT2D eigenvalue weighted by Gasteiger charge is -2.11. The number of hydrogen-bond donors (Lipinski definition) is 1. The third-order valence-corrected chi connectivity index (χ3v) is 4.68. The van der Waals surface area contributed by atoms with E-state index in [0.29, 0.717) is 5.95 Å². The first kappa shape index (κ1) is 14.8. The molecule has 0 bridgehead atoms. The van der Waals surface area contributed by atoms with Gasteiger partial charge in [0.1, 0.15) is 5.82 Å². The van der Waals surface area contributed by atoms with E-state index >= 15 is 0 Å². The van der Waals surface area contributed by atoms with Crippen LogP contribution in [0.25, 0.3) is 16.9 Å². The van der Waals surface area contributed by atoms with E-state index in [2.05, 4.69) is 32.9 Å². The third kappa shape index (κ3) is 2.76. The highest BCUT2D eigenvalue weighted by Crippen LogP contribution is 2.23. The number of para-hydroxylation sites is 1. The Morgan fingerprint density at radius 1 is 1.08 bits per heavy atom. The maximum atomic E-state index is 4.73. The van der Waals surface area contributed by atoms with Crippen molar-refractivity contribution in [2.24, 2.45) is 0 Å². The lowest BCUT2D eigenvalue weighted by Crippen LogP contribution is -2.09. The molecule has 0 saturated heterocycles. The quantitative estimate of drug-likeness (QED) is 0.610. The summed E-state index contributed by atoms with van der Waals surface area (Å²) in [6.45, 7) is 4.73. The molecule has 0 aliphatic carbocycles. The second-order valence-corrected chi connectivity index (χ2v) is 6.69. The fourth-order valence-corrected chi connectivity index (χ4v) is 3.35. The van der Waals surface area contributed by atoms with Crippen LogP contribution in [-0.2, 0) is 6.54 Å². The molecular weight excluding hydrogens is 318 g/mol. The number of thiophene rings is 1. The monoisotopic (exact) mass is 335 g/mol. The molecule has 0 fully saturated rings. The maximum absolute atomic E-state index is 4.73. The van der Waals surface area contributed by atoms with Crippen molar-refractivity contribution < 1.29 is 0 Å². The zero-order valence-corrected chi connectivity index (χ0v) is 14.3. The second kappa shape index (κ2) is 6.05. The highest BCUT2D eigenvalue weighted by atomic mass is 32.1. The Balaban J connectivity index is 1.80. The summed E-state index contributed by atoms with van der Waals surface area (Å²) in [4.78, 5) is 10.7. The van der Waals surface area contributed by atoms with Crippen LogP contribution in [0.1, 0.15) is 16.3 Å². The van der Waals surface area contributed by atoms with Crippen LogP contribution in [0, 0.1) is 13.8 Å². The molecular formula is C18H17N5S. The van der Waals surface area contributed by atoms with Gasteiger partial charge in [-0.05, 0) is 43.5 Å². The molecule has 24 heavy (non-hydrogen) atoms. The molecule has 1 N–H and O–H groups in total. The van der Waals surface area contributed by atoms with E-state index in [1.807, 2.05) is 44.2 Å². The normalized spacial score (nSPS) is 11.1. The summed E-state index contributed by atoms with van der Waals surface area (Å²) in [5.74, 6) is 1.42. The van der Waals surface area contributed by atoms with Crippen LogP contribution in [0.5, 0.6) is 0 Å². The molecule has 0 spiro atoms. The predicted molar refractivity (Wildman–Crippen MR) is 97.8 cm³/mol. The maximum Gasteiger partial charge on any atom is 0.253 e. The molecule has 0 atom stereocenters. The minimum Gasteiger partial charge on any atom is -0.364 e. The van der Waals surface area contributed by atoms with Crippen LogP contribution < -0.4 is 5.32 Å². The Hall–Kier alpha value is -2.73. The van der Waals surface area contributed by atoms with Crippen LogP contribution in [-0.4, -0.2) is 19.7 Å². The molecule has 5 nitrogen and oxygen atoms in total. The van der Waals surface area contributed by atoms with Crippen molar-refractivity contribution in [2.45, 2.75) is 20.4 Å². The van der Waals surface area contributed by atoms with Gasteiger partial charge in [0.2, 0.25) is 0 Å². The van der Waals surface area contributed by atoms with Crippen LogP contribution in [0.15, 0.2) is 47.8 Å². The van der Waals surface area contributed by atoms with Gasteiger partial charge < -0.3 is 5.32 Å². The molecule has 0 aliphatic heterocycles. The summed E-state index contributed by atoms with van der Waals surface area (Å²) in [7, 11) is 0. The van der Waals surface area contributed by atoms with Gasteiger partial charge >= 0.3 is 0 Å². The van der Waals surface area contributed by atoms with Crippen LogP contribution in [0.4, 0.5) is 5.82 Å². The first-order valence-corrected chi connectivity index (χ1v) is 8.65. The summed E-state index contributed by atoms with van der Waals surface area (Å²) >= 11 is 1.73. The van der Waals surface area contributed by atoms with Gasteiger partial charge in [-0.2, -0.15) is 10.1 Å². The second-order valence-electron chi connectivity index (χ2n) is 5.66. The molecule has 0 saturated carbocycles. The van der Waals surface area contributed by atoms with Crippen molar-refractivity contribution in [2.75, 3.05) is 5.32 Å². The van der Waals surface area contributed by atoms with Gasteiger partial charge in [-0.15, -0.1) is 11.3 Å². The average Bonchev–Trinajstić information content (AvgIpc) is 3.21. The minimum atomic E-state index is 0.591. The fraction of sp³-hybridized carbons (Fsp3) is 0.167. The van der Waals surface area contributed by atoms with E-state index in [0.717, 1.165) is 34.7 Å². The first-order valence-electron chi connectivity index (χ1n) is 7.77. The SMILES string of the molecule is Cc1cc(C)n(-c2nc(NCc3cccs3)c3ccccc3n2)n1. The predicted octanol–water partition coefficient (Wildman–Crippen LogP) is 4.11. The van der Waals surface area contributed by atoms with Crippen LogP contribution >= 0.6 is 11.3 Å². The van der Waals surface area contributed by atoms with Crippen molar-refractivity contribution >= 4 is 28.1 Å². The number of nitrogens with zero attached hydrogens (tertiary/aromatic N) is 4. The molecule has 0 amide bonds. The number of benzene rings is 1. The molecule has 0 aliphatic rings. The van der Waals surface area contributed by atoms with Crippen molar-refractivity contribution in [3.8, 4) is 5.95 Å². The zero-order valence-electron chi connectivity index (χ0n) is 13.5. The molecule has 6 heteroatoms. The number of aryl methyl sites for hydroxylation is 2. The molecule has 3 heterocycles. The molecule has 0 unspecified atom stereocenters. The Bertz CT molecular complexity index is 988. The van der Waals surface area contributed by atoms with Crippen LogP contribution in [0.2, 0.25) is 0 Å². The van der Waals surface area contributed by atoms with E-state index in [1.54, 1.807) is 16.0 Å². The average molecular weight is 335 g/mol. The highest BCUT2D eigenvalue weighted by Gasteiger charge is 2.12. The fourth-order valence-electron chi connectivity index (χ4n) is 2.71. The van der Waals surface area contributed by atoms with E-state index in [-0.39, 0.29) is 0 Å². The lowest BCUT2D eigenvalue weighted by molar-refractivity contribution is 0.780. The van der Waals surface area contributed by atoms with E-state index in [9.17, 15) is 0 Å². The Kier molecular flexibility index (Phi) is 3.74. The minimum absolute atomic E-state index is 0.591. The van der Waals surface area contributed by atoms with Gasteiger partial charge in [0.25, 0.3) is 5.95 Å². The summed E-state index contributed by atoms with van der Waals surface area (Å²) in [6, 6.07) is 14.2. The van der Waals surface area contributed by atoms with Gasteiger partial charge in [0.05, 0.1) is 17.8 Å². The van der Waals surface area contributed by atoms with E-state index < -0.39 is 0 Å². The van der Waals surface area contributed by atoms with Crippen molar-refractivity contribution in [1.29, 1.82) is 0 Å². The smallest absolute Gasteiger partial charge is 0.253 e. The molecule has 120 valence electrons. The summed E-state index contributed by atoms with van der Waals surface area (Å²) in [6.07, 6.45) is 0. The van der Waals surface area contributed by atoms with Gasteiger partial charge in [-0.25, -0.2) is 9.67 Å². The largest absolute Gasteiger partial charge is 0.364 e. The topological polar surface area (TPSA) is 55.6 Å². The van der Waals surface area contributed by atoms with Crippen molar-refractivity contribution in [3.05, 3.63) is 64.1 Å². The van der Waals surface area contributed by atoms with Gasteiger partial charge in [-0.1, -0.05) is 18.2 Å². The van der Waals surface area contributed by atoms with E-state index in [4.69, 9.17) is 4.98 Å². The highest BCUT2D eigenvalue weighted by molar-refractivity contribution is 7.09. The third-order valence-electron chi connectivity index (χ3n) is 3.80. The van der Waals surface area contributed by atoms with Crippen LogP contribution in [0.3, 0.4) is 0 Å². The zero-order chi connectivity index (χ0) is 16.5. The van der Waals surface area contributed by atoms with Gasteiger partial charge in [0, 0.05) is 16.0 Å². The Morgan fingerprint density at radius 2 is 1.96 bits per heavy atom. The standard InChI is InChI=1S/C18H17N5S/c1-12-10-13(2)23(22-12)18-20-16-8-4-3-7-15(16)17(21-18)19-11-14-6-5-9-24-14/h3-10H,11H2,1-2H3,(H,19,20,21). The Morgan fingerprint density at radius 3 is 2.71 bits per heavy atom. The number of fused-ring (bicyclic) bond motifs is 1. The summed E-state index contributed by atoms with van der Waals surface area (Å²) in [5.41, 5.74) is 2.88. The molecule has 0 radical (unpaired) electrons. The number of rotatable bonds is 4. The lowest BCUT2D eigenvalue weighted by atomic mass is 10.2. The first-order chi connectivity index (χ1) is 11.7. The number of aromatic nitrogens is 4. The number of anilines is 1. The van der Waals surface area contributed by atoms with Gasteiger partial charge in [-0.3, -0.25) is 0 Å². The molecule has 4 rings (SSSR count). The molecule has 4 aromatic rings. The summed E-state index contributed by atoms with van der Waals surface area (Å²) in [5, 5.41) is 11.0. The van der Waals surface area contributed by atoms with E-state index in [1.165, 1.54) is 4.88 Å². The van der Waals surface area contributed by atoms with Crippen molar-refractivity contribution in [3.63, 3.8) is 0 Å². The molecule has 1 aromatic carbocycles. The number of hydrogen-bond acceptors (Lipinski definition) is 5. The summed E-state index contributed by atoms with van der Waals surface area (Å²) < 4.78 is 1.79. The molecule has 3 aromatic heterocycles.